The first-order chi connectivity index (χ1) is 14.8. The van der Waals surface area contributed by atoms with Gasteiger partial charge in [-0.15, -0.1) is 0 Å². The van der Waals surface area contributed by atoms with Gasteiger partial charge < -0.3 is 9.42 Å². The van der Waals surface area contributed by atoms with Gasteiger partial charge in [0.15, 0.2) is 0 Å². The summed E-state index contributed by atoms with van der Waals surface area (Å²) in [5, 5.41) is 4.56. The molecule has 1 saturated heterocycles. The summed E-state index contributed by atoms with van der Waals surface area (Å²) in [6.07, 6.45) is 1.35. The lowest BCUT2D eigenvalue weighted by atomic mass is 10.2. The summed E-state index contributed by atoms with van der Waals surface area (Å²) in [4.78, 5) is 18.5. The fourth-order valence-corrected chi connectivity index (χ4v) is 4.46. The van der Waals surface area contributed by atoms with Crippen LogP contribution in [0.4, 0.5) is 4.39 Å². The van der Waals surface area contributed by atoms with Crippen LogP contribution in [0.5, 0.6) is 0 Å². The van der Waals surface area contributed by atoms with E-state index >= 15 is 0 Å². The summed E-state index contributed by atoms with van der Waals surface area (Å²) in [7, 11) is -3.95. The zero-order chi connectivity index (χ0) is 22.0. The fraction of sp³-hybridized carbons (Fsp3) is 0.250. The first kappa shape index (κ1) is 21.4. The van der Waals surface area contributed by atoms with E-state index < -0.39 is 34.3 Å². The van der Waals surface area contributed by atoms with Gasteiger partial charge in [-0.25, -0.2) is 17.5 Å². The summed E-state index contributed by atoms with van der Waals surface area (Å²) >= 11 is 5.90. The third kappa shape index (κ3) is 4.76. The Labute approximate surface area is 183 Å². The van der Waals surface area contributed by atoms with E-state index in [0.29, 0.717) is 23.8 Å². The number of carbonyl (C=O) groups is 1. The zero-order valence-electron chi connectivity index (χ0n) is 16.2. The maximum Gasteiger partial charge on any atom is 0.249 e. The van der Waals surface area contributed by atoms with Crippen molar-refractivity contribution in [3.63, 3.8) is 0 Å². The quantitative estimate of drug-likeness (QED) is 0.600. The van der Waals surface area contributed by atoms with Crippen LogP contribution in [0.2, 0.25) is 5.02 Å². The van der Waals surface area contributed by atoms with Crippen molar-refractivity contribution in [2.45, 2.75) is 23.8 Å². The molecule has 1 aromatic heterocycles. The average Bonchev–Trinajstić information content (AvgIpc) is 3.42. The highest BCUT2D eigenvalue weighted by Gasteiger charge is 2.34. The molecule has 1 fully saturated rings. The van der Waals surface area contributed by atoms with Crippen LogP contribution in [-0.2, 0) is 14.8 Å². The number of rotatable bonds is 6. The molecule has 0 unspecified atom stereocenters. The summed E-state index contributed by atoms with van der Waals surface area (Å²) in [6.45, 7) is 0.00875. The largest absolute Gasteiger partial charge is 0.337 e. The van der Waals surface area contributed by atoms with Crippen LogP contribution in [0, 0.1) is 5.82 Å². The number of sulfonamides is 1. The van der Waals surface area contributed by atoms with Crippen LogP contribution >= 0.6 is 11.6 Å². The molecule has 31 heavy (non-hydrogen) atoms. The zero-order valence-corrected chi connectivity index (χ0v) is 17.7. The van der Waals surface area contributed by atoms with Crippen LogP contribution in [-0.4, -0.2) is 42.5 Å². The van der Waals surface area contributed by atoms with E-state index in [4.69, 9.17) is 16.1 Å². The lowest BCUT2D eigenvalue weighted by molar-refractivity contribution is -0.131. The minimum absolute atomic E-state index is 0.121. The highest BCUT2D eigenvalue weighted by atomic mass is 35.5. The van der Waals surface area contributed by atoms with E-state index in [2.05, 4.69) is 14.9 Å². The van der Waals surface area contributed by atoms with Gasteiger partial charge in [-0.1, -0.05) is 16.8 Å². The lowest BCUT2D eigenvalue weighted by Crippen LogP contribution is -2.39. The van der Waals surface area contributed by atoms with Crippen molar-refractivity contribution in [1.82, 2.24) is 19.8 Å². The minimum Gasteiger partial charge on any atom is -0.337 e. The number of nitrogens with zero attached hydrogens (tertiary/aromatic N) is 3. The molecule has 4 rings (SSSR count). The second kappa shape index (κ2) is 8.74. The average molecular weight is 465 g/mol. The maximum atomic E-state index is 13.0. The summed E-state index contributed by atoms with van der Waals surface area (Å²) in [5.41, 5.74) is 0.724. The molecule has 0 bridgehead atoms. The number of halogens is 2. The number of hydrogen-bond donors (Lipinski definition) is 1. The molecule has 0 saturated carbocycles. The van der Waals surface area contributed by atoms with Crippen molar-refractivity contribution in [3.05, 3.63) is 65.3 Å². The van der Waals surface area contributed by atoms with E-state index in [1.807, 2.05) is 0 Å². The Kier molecular flexibility index (Phi) is 6.03. The molecule has 3 aromatic rings. The number of carbonyl (C=O) groups excluding carboxylic acids is 1. The molecule has 11 heteroatoms. The molecule has 1 aliphatic rings. The molecule has 2 aromatic carbocycles. The molecule has 1 N–H and O–H groups in total. The molecule has 0 aliphatic carbocycles. The Morgan fingerprint density at radius 1 is 1.19 bits per heavy atom. The molecule has 162 valence electrons. The standard InChI is InChI=1S/C20H18ClFN4O4S/c21-14-5-3-13(4-6-14)19-24-20(30-25-19)17-2-1-11-26(17)18(27)12-23-31(28,29)16-9-7-15(22)8-10-16/h3-10,17,23H,1-2,11-12H2/t17-/m0/s1. The van der Waals surface area contributed by atoms with E-state index in [1.165, 1.54) is 4.90 Å². The van der Waals surface area contributed by atoms with Gasteiger partial charge in [0.2, 0.25) is 27.6 Å². The van der Waals surface area contributed by atoms with Gasteiger partial charge in [0.1, 0.15) is 11.9 Å². The van der Waals surface area contributed by atoms with Crippen LogP contribution in [0.1, 0.15) is 24.8 Å². The number of benzene rings is 2. The molecule has 1 atom stereocenters. The minimum atomic E-state index is -3.95. The molecular weight excluding hydrogens is 447 g/mol. The van der Waals surface area contributed by atoms with Crippen LogP contribution < -0.4 is 4.72 Å². The van der Waals surface area contributed by atoms with Gasteiger partial charge in [0.25, 0.3) is 0 Å². The van der Waals surface area contributed by atoms with Crippen molar-refractivity contribution >= 4 is 27.5 Å². The van der Waals surface area contributed by atoms with E-state index in [0.717, 1.165) is 36.2 Å². The number of hydrogen-bond acceptors (Lipinski definition) is 6. The number of nitrogens with one attached hydrogen (secondary N) is 1. The molecule has 0 radical (unpaired) electrons. The van der Waals surface area contributed by atoms with Crippen LogP contribution in [0.15, 0.2) is 57.9 Å². The molecule has 8 nitrogen and oxygen atoms in total. The predicted octanol–water partition coefficient (Wildman–Crippen LogP) is 3.17. The third-order valence-corrected chi connectivity index (χ3v) is 6.61. The highest BCUT2D eigenvalue weighted by molar-refractivity contribution is 7.89. The number of amides is 1. The fourth-order valence-electron chi connectivity index (χ4n) is 3.36. The van der Waals surface area contributed by atoms with Gasteiger partial charge in [-0.05, 0) is 61.4 Å². The molecular formula is C20H18ClFN4O4S. The Morgan fingerprint density at radius 2 is 1.90 bits per heavy atom. The van der Waals surface area contributed by atoms with Crippen molar-refractivity contribution < 1.29 is 22.1 Å². The van der Waals surface area contributed by atoms with Gasteiger partial charge in [0, 0.05) is 17.1 Å². The monoisotopic (exact) mass is 464 g/mol. The number of aromatic nitrogens is 2. The second-order valence-electron chi connectivity index (χ2n) is 6.99. The Hall–Kier alpha value is -2.82. The summed E-state index contributed by atoms with van der Waals surface area (Å²) in [5.74, 6) is -0.299. The molecule has 0 spiro atoms. The van der Waals surface area contributed by atoms with E-state index in [-0.39, 0.29) is 10.8 Å². The smallest absolute Gasteiger partial charge is 0.249 e. The Bertz CT molecular complexity index is 1180. The third-order valence-electron chi connectivity index (χ3n) is 4.94. The van der Waals surface area contributed by atoms with Gasteiger partial charge in [-0.3, -0.25) is 4.79 Å². The highest BCUT2D eigenvalue weighted by Crippen LogP contribution is 2.32. The van der Waals surface area contributed by atoms with Crippen LogP contribution in [0.3, 0.4) is 0 Å². The van der Waals surface area contributed by atoms with Gasteiger partial charge in [0.05, 0.1) is 11.4 Å². The van der Waals surface area contributed by atoms with Crippen molar-refractivity contribution in [2.75, 3.05) is 13.1 Å². The summed E-state index contributed by atoms with van der Waals surface area (Å²) < 4.78 is 45.3. The second-order valence-corrected chi connectivity index (χ2v) is 9.19. The Balaban J connectivity index is 1.44. The SMILES string of the molecule is O=C(CNS(=O)(=O)c1ccc(F)cc1)N1CCC[C@H]1c1nc(-c2ccc(Cl)cc2)no1. The van der Waals surface area contributed by atoms with E-state index in [9.17, 15) is 17.6 Å². The normalized spacial score (nSPS) is 16.6. The van der Waals surface area contributed by atoms with Gasteiger partial charge >= 0.3 is 0 Å². The molecule has 1 amide bonds. The van der Waals surface area contributed by atoms with Crippen molar-refractivity contribution in [2.24, 2.45) is 0 Å². The van der Waals surface area contributed by atoms with E-state index in [1.54, 1.807) is 24.3 Å². The Morgan fingerprint density at radius 3 is 2.61 bits per heavy atom. The molecule has 2 heterocycles. The topological polar surface area (TPSA) is 105 Å². The van der Waals surface area contributed by atoms with Crippen molar-refractivity contribution in [1.29, 1.82) is 0 Å². The lowest BCUT2D eigenvalue weighted by Gasteiger charge is -2.22. The first-order valence-corrected chi connectivity index (χ1v) is 11.3. The first-order valence-electron chi connectivity index (χ1n) is 9.48. The van der Waals surface area contributed by atoms with Gasteiger partial charge in [-0.2, -0.15) is 4.98 Å². The summed E-state index contributed by atoms with van der Waals surface area (Å²) in [6, 6.07) is 10.9. The number of likely N-dealkylation sites (tertiary alicyclic amines) is 1. The van der Waals surface area contributed by atoms with Crippen LogP contribution in [0.25, 0.3) is 11.4 Å². The maximum absolute atomic E-state index is 13.0. The predicted molar refractivity (Wildman–Crippen MR) is 110 cm³/mol. The van der Waals surface area contributed by atoms with Crippen molar-refractivity contribution in [3.8, 4) is 11.4 Å². The molecule has 1 aliphatic heterocycles.